The second-order valence-corrected chi connectivity index (χ2v) is 6.83. The number of imidazole rings is 1. The van der Waals surface area contributed by atoms with E-state index in [4.69, 9.17) is 4.42 Å². The Morgan fingerprint density at radius 2 is 2.26 bits per heavy atom. The zero-order valence-electron chi connectivity index (χ0n) is 15.1. The molecular formula is C20H23N5O2. The smallest absolute Gasteiger partial charge is 0.224 e. The van der Waals surface area contributed by atoms with Crippen LogP contribution in [0.3, 0.4) is 0 Å². The Hall–Kier alpha value is -2.93. The predicted octanol–water partition coefficient (Wildman–Crippen LogP) is 2.39. The number of likely N-dealkylation sites (tertiary alicyclic amines) is 1. The van der Waals surface area contributed by atoms with Crippen LogP contribution in [0.4, 0.5) is 0 Å². The second kappa shape index (κ2) is 8.18. The molecule has 4 rings (SSSR count). The Kier molecular flexibility index (Phi) is 5.29. The van der Waals surface area contributed by atoms with Crippen molar-refractivity contribution < 1.29 is 9.21 Å². The number of nitrogens with zero attached hydrogens (tertiary/aromatic N) is 4. The Bertz CT molecular complexity index is 860. The predicted molar refractivity (Wildman–Crippen MR) is 99.9 cm³/mol. The van der Waals surface area contributed by atoms with Gasteiger partial charge in [0.15, 0.2) is 0 Å². The van der Waals surface area contributed by atoms with Crippen LogP contribution in [0.2, 0.25) is 0 Å². The minimum absolute atomic E-state index is 0.00192. The molecule has 1 unspecified atom stereocenters. The van der Waals surface area contributed by atoms with Gasteiger partial charge in [-0.3, -0.25) is 14.3 Å². The molecule has 4 heterocycles. The van der Waals surface area contributed by atoms with Gasteiger partial charge >= 0.3 is 0 Å². The van der Waals surface area contributed by atoms with Gasteiger partial charge in [0.2, 0.25) is 5.91 Å². The minimum atomic E-state index is 0.00192. The van der Waals surface area contributed by atoms with Gasteiger partial charge in [0.05, 0.1) is 18.7 Å². The molecule has 1 saturated heterocycles. The number of pyridine rings is 1. The summed E-state index contributed by atoms with van der Waals surface area (Å²) in [5.74, 6) is 1.83. The SMILES string of the molecule is O=C(NCc1cccnc1-n1ccnc1)C1CCCN(Cc2ccco2)C1. The van der Waals surface area contributed by atoms with Crippen LogP contribution in [0, 0.1) is 5.92 Å². The number of furan rings is 1. The van der Waals surface area contributed by atoms with Gasteiger partial charge in [-0.2, -0.15) is 0 Å². The van der Waals surface area contributed by atoms with E-state index in [9.17, 15) is 4.79 Å². The van der Waals surface area contributed by atoms with E-state index in [-0.39, 0.29) is 11.8 Å². The van der Waals surface area contributed by atoms with Crippen molar-refractivity contribution in [2.45, 2.75) is 25.9 Å². The van der Waals surface area contributed by atoms with Crippen molar-refractivity contribution in [3.63, 3.8) is 0 Å². The van der Waals surface area contributed by atoms with E-state index < -0.39 is 0 Å². The van der Waals surface area contributed by atoms with Crippen LogP contribution in [0.1, 0.15) is 24.2 Å². The van der Waals surface area contributed by atoms with E-state index in [0.717, 1.165) is 49.6 Å². The largest absolute Gasteiger partial charge is 0.468 e. The topological polar surface area (TPSA) is 76.2 Å². The van der Waals surface area contributed by atoms with Crippen LogP contribution in [-0.4, -0.2) is 38.4 Å². The number of amides is 1. The molecule has 1 aliphatic rings. The standard InChI is InChI=1S/C20H23N5O2/c26-20(17-5-2-9-24(13-17)14-18-6-3-11-27-18)23-12-16-4-1-7-22-19(16)25-10-8-21-15-25/h1,3-4,6-8,10-11,15,17H,2,5,9,12-14H2,(H,23,26). The van der Waals surface area contributed by atoms with Crippen molar-refractivity contribution in [3.05, 3.63) is 66.8 Å². The summed E-state index contributed by atoms with van der Waals surface area (Å²) in [4.78, 5) is 23.5. The fraction of sp³-hybridized carbons (Fsp3) is 0.350. The summed E-state index contributed by atoms with van der Waals surface area (Å²) in [6.07, 6.45) is 10.6. The van der Waals surface area contributed by atoms with Crippen molar-refractivity contribution in [3.8, 4) is 5.82 Å². The first-order valence-corrected chi connectivity index (χ1v) is 9.24. The van der Waals surface area contributed by atoms with Gasteiger partial charge in [0.1, 0.15) is 17.9 Å². The molecule has 27 heavy (non-hydrogen) atoms. The van der Waals surface area contributed by atoms with Crippen LogP contribution in [0.5, 0.6) is 0 Å². The highest BCUT2D eigenvalue weighted by Gasteiger charge is 2.26. The Balaban J connectivity index is 1.36. The number of hydrogen-bond acceptors (Lipinski definition) is 5. The van der Waals surface area contributed by atoms with E-state index in [1.165, 1.54) is 0 Å². The Morgan fingerprint density at radius 1 is 1.30 bits per heavy atom. The van der Waals surface area contributed by atoms with E-state index >= 15 is 0 Å². The molecule has 0 spiro atoms. The first-order valence-electron chi connectivity index (χ1n) is 9.24. The molecule has 0 saturated carbocycles. The van der Waals surface area contributed by atoms with Crippen molar-refractivity contribution in [2.24, 2.45) is 5.92 Å². The summed E-state index contributed by atoms with van der Waals surface area (Å²) in [6.45, 7) is 2.96. The van der Waals surface area contributed by atoms with Crippen molar-refractivity contribution in [1.82, 2.24) is 24.8 Å². The van der Waals surface area contributed by atoms with Crippen molar-refractivity contribution >= 4 is 5.91 Å². The first-order chi connectivity index (χ1) is 13.3. The molecule has 7 heteroatoms. The monoisotopic (exact) mass is 365 g/mol. The molecule has 3 aromatic heterocycles. The summed E-state index contributed by atoms with van der Waals surface area (Å²) < 4.78 is 7.28. The molecule has 0 radical (unpaired) electrons. The summed E-state index contributed by atoms with van der Waals surface area (Å²) >= 11 is 0. The lowest BCUT2D eigenvalue weighted by Crippen LogP contribution is -2.42. The normalized spacial score (nSPS) is 17.7. The fourth-order valence-corrected chi connectivity index (χ4v) is 3.55. The van der Waals surface area contributed by atoms with Crippen LogP contribution < -0.4 is 5.32 Å². The number of piperidine rings is 1. The number of hydrogen-bond donors (Lipinski definition) is 1. The quantitative estimate of drug-likeness (QED) is 0.726. The van der Waals surface area contributed by atoms with E-state index in [1.54, 1.807) is 25.0 Å². The highest BCUT2D eigenvalue weighted by atomic mass is 16.3. The number of carbonyl (C=O) groups excluding carboxylic acids is 1. The lowest BCUT2D eigenvalue weighted by atomic mass is 9.97. The maximum Gasteiger partial charge on any atom is 0.224 e. The van der Waals surface area contributed by atoms with Gasteiger partial charge in [0, 0.05) is 37.2 Å². The summed E-state index contributed by atoms with van der Waals surface area (Å²) in [7, 11) is 0. The van der Waals surface area contributed by atoms with E-state index in [2.05, 4.69) is 20.2 Å². The van der Waals surface area contributed by atoms with Crippen LogP contribution >= 0.6 is 0 Å². The maximum atomic E-state index is 12.7. The lowest BCUT2D eigenvalue weighted by Gasteiger charge is -2.31. The van der Waals surface area contributed by atoms with Gasteiger partial charge < -0.3 is 9.73 Å². The third-order valence-corrected chi connectivity index (χ3v) is 4.91. The number of rotatable bonds is 6. The summed E-state index contributed by atoms with van der Waals surface area (Å²) in [5, 5.41) is 3.09. The summed E-state index contributed by atoms with van der Waals surface area (Å²) in [5.41, 5.74) is 0.965. The lowest BCUT2D eigenvalue weighted by molar-refractivity contribution is -0.127. The third kappa shape index (κ3) is 4.25. The zero-order valence-corrected chi connectivity index (χ0v) is 15.1. The first kappa shape index (κ1) is 17.5. The molecule has 1 atom stereocenters. The van der Waals surface area contributed by atoms with Gasteiger partial charge in [-0.15, -0.1) is 0 Å². The maximum absolute atomic E-state index is 12.7. The molecule has 1 N–H and O–H groups in total. The zero-order chi connectivity index (χ0) is 18.5. The average molecular weight is 365 g/mol. The highest BCUT2D eigenvalue weighted by Crippen LogP contribution is 2.19. The second-order valence-electron chi connectivity index (χ2n) is 6.83. The fourth-order valence-electron chi connectivity index (χ4n) is 3.55. The number of aromatic nitrogens is 3. The molecule has 0 aliphatic carbocycles. The molecule has 0 bridgehead atoms. The molecule has 1 amide bonds. The Labute approximate surface area is 158 Å². The Morgan fingerprint density at radius 3 is 3.07 bits per heavy atom. The summed E-state index contributed by atoms with van der Waals surface area (Å²) in [6, 6.07) is 7.74. The third-order valence-electron chi connectivity index (χ3n) is 4.91. The molecule has 1 fully saturated rings. The van der Waals surface area contributed by atoms with E-state index in [0.29, 0.717) is 6.54 Å². The number of carbonyl (C=O) groups is 1. The molecule has 140 valence electrons. The van der Waals surface area contributed by atoms with Gasteiger partial charge in [-0.05, 0) is 37.6 Å². The van der Waals surface area contributed by atoms with Gasteiger partial charge in [-0.1, -0.05) is 6.07 Å². The molecule has 1 aliphatic heterocycles. The minimum Gasteiger partial charge on any atom is -0.468 e. The van der Waals surface area contributed by atoms with Crippen LogP contribution in [0.15, 0.2) is 59.9 Å². The van der Waals surface area contributed by atoms with Crippen LogP contribution in [0.25, 0.3) is 5.82 Å². The molecule has 0 aromatic carbocycles. The van der Waals surface area contributed by atoms with Crippen molar-refractivity contribution in [1.29, 1.82) is 0 Å². The van der Waals surface area contributed by atoms with Crippen molar-refractivity contribution in [2.75, 3.05) is 13.1 Å². The average Bonchev–Trinajstić information content (AvgIpc) is 3.41. The van der Waals surface area contributed by atoms with E-state index in [1.807, 2.05) is 35.0 Å². The van der Waals surface area contributed by atoms with Crippen LogP contribution in [-0.2, 0) is 17.9 Å². The highest BCUT2D eigenvalue weighted by molar-refractivity contribution is 5.79. The molecule has 7 nitrogen and oxygen atoms in total. The number of nitrogens with one attached hydrogen (secondary N) is 1. The molecule has 3 aromatic rings. The van der Waals surface area contributed by atoms with Gasteiger partial charge in [-0.25, -0.2) is 9.97 Å². The molecular weight excluding hydrogens is 342 g/mol. The van der Waals surface area contributed by atoms with Gasteiger partial charge in [0.25, 0.3) is 0 Å².